The van der Waals surface area contributed by atoms with E-state index in [9.17, 15) is 4.79 Å². The fraction of sp³-hybridized carbons (Fsp3) is 0.200. The first kappa shape index (κ1) is 9.46. The third-order valence-corrected chi connectivity index (χ3v) is 1.17. The number of hydrogen-bond acceptors (Lipinski definition) is 2. The molecular weight excluding hydrogens is 175 g/mol. The monoisotopic (exact) mass is 180 g/mol. The minimum absolute atomic E-state index is 0. The van der Waals surface area contributed by atoms with Crippen molar-refractivity contribution in [2.75, 3.05) is 0 Å². The van der Waals surface area contributed by atoms with Gasteiger partial charge in [0, 0.05) is 19.4 Å². The normalized spacial score (nSPS) is 8.60. The first-order valence-corrected chi connectivity index (χ1v) is 2.77. The second-order valence-corrected chi connectivity index (χ2v) is 1.98. The Balaban J connectivity index is 0.000000810. The van der Waals surface area contributed by atoms with Crippen LogP contribution in [0.25, 0.3) is 0 Å². The maximum Gasteiger partial charge on any atom is 0.288 e. The van der Waals surface area contributed by atoms with Gasteiger partial charge >= 0.3 is 0 Å². The number of carbonyl (C=O) groups excluding carboxylic acids is 1. The SMILES string of the molecule is Cl.Cn1ccnc1C(=O)Cl. The van der Waals surface area contributed by atoms with Gasteiger partial charge in [0.1, 0.15) is 0 Å². The Hall–Kier alpha value is -0.540. The van der Waals surface area contributed by atoms with E-state index >= 15 is 0 Å². The fourth-order valence-corrected chi connectivity index (χ4v) is 0.737. The maximum absolute atomic E-state index is 10.4. The minimum Gasteiger partial charge on any atom is -0.331 e. The molecule has 56 valence electrons. The highest BCUT2D eigenvalue weighted by Gasteiger charge is 2.04. The van der Waals surface area contributed by atoms with Gasteiger partial charge in [-0.25, -0.2) is 4.98 Å². The molecule has 0 atom stereocenters. The van der Waals surface area contributed by atoms with Crippen molar-refractivity contribution in [2.24, 2.45) is 7.05 Å². The first-order chi connectivity index (χ1) is 4.22. The summed E-state index contributed by atoms with van der Waals surface area (Å²) in [7, 11) is 1.71. The van der Waals surface area contributed by atoms with Crippen molar-refractivity contribution < 1.29 is 4.79 Å². The van der Waals surface area contributed by atoms with Crippen molar-refractivity contribution >= 4 is 29.3 Å². The summed E-state index contributed by atoms with van der Waals surface area (Å²) in [6, 6.07) is 0. The molecule has 1 aromatic rings. The van der Waals surface area contributed by atoms with Crippen LogP contribution in [0.2, 0.25) is 0 Å². The lowest BCUT2D eigenvalue weighted by Crippen LogP contribution is -1.99. The van der Waals surface area contributed by atoms with Gasteiger partial charge < -0.3 is 4.57 Å². The molecule has 0 radical (unpaired) electrons. The zero-order valence-corrected chi connectivity index (χ0v) is 6.82. The lowest BCUT2D eigenvalue weighted by Gasteiger charge is -1.90. The lowest BCUT2D eigenvalue weighted by atomic mass is 10.7. The van der Waals surface area contributed by atoms with Crippen LogP contribution in [0.1, 0.15) is 10.6 Å². The number of carbonyl (C=O) groups is 1. The molecule has 10 heavy (non-hydrogen) atoms. The quantitative estimate of drug-likeness (QED) is 0.610. The molecule has 1 rings (SSSR count). The van der Waals surface area contributed by atoms with Gasteiger partial charge in [0.2, 0.25) is 0 Å². The molecule has 1 aromatic heterocycles. The van der Waals surface area contributed by atoms with Gasteiger partial charge in [-0.3, -0.25) is 4.79 Å². The summed E-state index contributed by atoms with van der Waals surface area (Å²) >= 11 is 5.13. The molecule has 0 saturated carbocycles. The van der Waals surface area contributed by atoms with E-state index in [1.54, 1.807) is 17.8 Å². The second kappa shape index (κ2) is 3.58. The van der Waals surface area contributed by atoms with E-state index in [1.165, 1.54) is 6.20 Å². The number of halogens is 2. The molecule has 0 aliphatic heterocycles. The molecule has 0 fully saturated rings. The molecule has 0 aromatic carbocycles. The minimum atomic E-state index is -0.525. The zero-order chi connectivity index (χ0) is 6.85. The highest BCUT2D eigenvalue weighted by atomic mass is 35.5. The topological polar surface area (TPSA) is 34.9 Å². The van der Waals surface area contributed by atoms with E-state index in [-0.39, 0.29) is 18.2 Å². The van der Waals surface area contributed by atoms with E-state index in [1.807, 2.05) is 0 Å². The maximum atomic E-state index is 10.4. The van der Waals surface area contributed by atoms with Crippen LogP contribution in [0.3, 0.4) is 0 Å². The number of nitrogens with zero attached hydrogens (tertiary/aromatic N) is 2. The van der Waals surface area contributed by atoms with Crippen LogP contribution in [0, 0.1) is 0 Å². The Labute approximate surface area is 69.4 Å². The van der Waals surface area contributed by atoms with Crippen molar-refractivity contribution in [3.8, 4) is 0 Å². The number of aryl methyl sites for hydroxylation is 1. The van der Waals surface area contributed by atoms with Gasteiger partial charge in [0.25, 0.3) is 5.24 Å². The molecule has 0 aliphatic carbocycles. The summed E-state index contributed by atoms with van der Waals surface area (Å²) in [4.78, 5) is 14.1. The number of rotatable bonds is 1. The summed E-state index contributed by atoms with van der Waals surface area (Å²) in [6.45, 7) is 0. The first-order valence-electron chi connectivity index (χ1n) is 2.39. The smallest absolute Gasteiger partial charge is 0.288 e. The highest BCUT2D eigenvalue weighted by Crippen LogP contribution is 1.97. The van der Waals surface area contributed by atoms with Crippen molar-refractivity contribution in [1.82, 2.24) is 9.55 Å². The summed E-state index contributed by atoms with van der Waals surface area (Å²) in [5, 5.41) is -0.525. The van der Waals surface area contributed by atoms with Crippen LogP contribution in [0.15, 0.2) is 12.4 Å². The van der Waals surface area contributed by atoms with Gasteiger partial charge in [0.15, 0.2) is 5.82 Å². The van der Waals surface area contributed by atoms with Gasteiger partial charge in [-0.2, -0.15) is 0 Å². The van der Waals surface area contributed by atoms with Crippen molar-refractivity contribution in [1.29, 1.82) is 0 Å². The summed E-state index contributed by atoms with van der Waals surface area (Å²) in [6.07, 6.45) is 3.19. The number of aromatic nitrogens is 2. The molecule has 5 heteroatoms. The third kappa shape index (κ3) is 1.72. The van der Waals surface area contributed by atoms with E-state index < -0.39 is 5.24 Å². The van der Waals surface area contributed by atoms with Gasteiger partial charge in [-0.15, -0.1) is 12.4 Å². The highest BCUT2D eigenvalue weighted by molar-refractivity contribution is 6.67. The summed E-state index contributed by atoms with van der Waals surface area (Å²) in [5.41, 5.74) is 0. The average Bonchev–Trinajstić information content (AvgIpc) is 2.13. The number of imidazole rings is 1. The number of hydrogen-bond donors (Lipinski definition) is 0. The fourth-order valence-electron chi connectivity index (χ4n) is 0.555. The Morgan fingerprint density at radius 1 is 1.80 bits per heavy atom. The Morgan fingerprint density at radius 2 is 2.40 bits per heavy atom. The molecule has 0 amide bonds. The molecule has 0 N–H and O–H groups in total. The molecule has 3 nitrogen and oxygen atoms in total. The van der Waals surface area contributed by atoms with E-state index in [0.29, 0.717) is 0 Å². The molecular formula is C5H6Cl2N2O. The van der Waals surface area contributed by atoms with Gasteiger partial charge in [0.05, 0.1) is 0 Å². The predicted molar refractivity (Wildman–Crippen MR) is 40.6 cm³/mol. The van der Waals surface area contributed by atoms with Gasteiger partial charge in [-0.1, -0.05) is 0 Å². The lowest BCUT2D eigenvalue weighted by molar-refractivity contribution is 0.107. The van der Waals surface area contributed by atoms with Crippen molar-refractivity contribution in [3.05, 3.63) is 18.2 Å². The predicted octanol–water partition coefficient (Wildman–Crippen LogP) is 1.22. The summed E-state index contributed by atoms with van der Waals surface area (Å²) < 4.78 is 1.56. The van der Waals surface area contributed by atoms with Crippen LogP contribution in [-0.2, 0) is 7.05 Å². The molecule has 0 aliphatic rings. The van der Waals surface area contributed by atoms with Crippen LogP contribution >= 0.6 is 24.0 Å². The largest absolute Gasteiger partial charge is 0.331 e. The zero-order valence-electron chi connectivity index (χ0n) is 5.24. The van der Waals surface area contributed by atoms with Gasteiger partial charge in [-0.05, 0) is 11.6 Å². The molecule has 0 bridgehead atoms. The third-order valence-electron chi connectivity index (χ3n) is 0.997. The Kier molecular flexibility index (Phi) is 3.39. The molecule has 0 unspecified atom stereocenters. The molecule has 1 heterocycles. The second-order valence-electron chi connectivity index (χ2n) is 1.64. The van der Waals surface area contributed by atoms with E-state index in [2.05, 4.69) is 4.98 Å². The standard InChI is InChI=1S/C5H5ClN2O.ClH/c1-8-3-2-7-5(8)4(6)9;/h2-3H,1H3;1H. The average molecular weight is 181 g/mol. The van der Waals surface area contributed by atoms with Crippen LogP contribution in [-0.4, -0.2) is 14.8 Å². The van der Waals surface area contributed by atoms with E-state index in [4.69, 9.17) is 11.6 Å². The van der Waals surface area contributed by atoms with Crippen molar-refractivity contribution in [3.63, 3.8) is 0 Å². The molecule has 0 saturated heterocycles. The van der Waals surface area contributed by atoms with Crippen LogP contribution in [0.5, 0.6) is 0 Å². The Bertz CT molecular complexity index is 233. The van der Waals surface area contributed by atoms with Crippen LogP contribution < -0.4 is 0 Å². The van der Waals surface area contributed by atoms with E-state index in [0.717, 1.165) is 0 Å². The van der Waals surface area contributed by atoms with Crippen molar-refractivity contribution in [2.45, 2.75) is 0 Å². The molecule has 0 spiro atoms. The Morgan fingerprint density at radius 3 is 2.60 bits per heavy atom. The van der Waals surface area contributed by atoms with Crippen LogP contribution in [0.4, 0.5) is 0 Å². The summed E-state index contributed by atoms with van der Waals surface area (Å²) in [5.74, 6) is 0.275.